The van der Waals surface area contributed by atoms with Gasteiger partial charge in [-0.15, -0.1) is 0 Å². The van der Waals surface area contributed by atoms with Crippen LogP contribution in [0.3, 0.4) is 0 Å². The van der Waals surface area contributed by atoms with Gasteiger partial charge in [0.25, 0.3) is 0 Å². The van der Waals surface area contributed by atoms with Gasteiger partial charge in [-0.05, 0) is 37.5 Å². The molecule has 7 heteroatoms. The highest BCUT2D eigenvalue weighted by Crippen LogP contribution is 2.40. The monoisotopic (exact) mass is 363 g/mol. The maximum atomic E-state index is 5.62. The van der Waals surface area contributed by atoms with Crippen LogP contribution in [0.1, 0.15) is 25.3 Å². The third kappa shape index (κ3) is 4.22. The average Bonchev–Trinajstić information content (AvgIpc) is 3.14. The predicted octanol–water partition coefficient (Wildman–Crippen LogP) is 1.66. The van der Waals surface area contributed by atoms with E-state index in [1.165, 1.54) is 5.56 Å². The van der Waals surface area contributed by atoms with Crippen molar-refractivity contribution in [2.45, 2.75) is 31.2 Å². The molecule has 0 saturated carbocycles. The van der Waals surface area contributed by atoms with E-state index in [0.29, 0.717) is 13.4 Å². The Hall–Kier alpha value is -1.99. The molecule has 0 amide bonds. The first-order chi connectivity index (χ1) is 12.7. The van der Waals surface area contributed by atoms with Crippen molar-refractivity contribution >= 4 is 5.96 Å². The molecule has 1 aromatic carbocycles. The largest absolute Gasteiger partial charge is 0.454 e. The summed E-state index contributed by atoms with van der Waals surface area (Å²) in [6.07, 6.45) is 1.90. The molecule has 2 heterocycles. The van der Waals surface area contributed by atoms with Crippen LogP contribution in [-0.4, -0.2) is 59.3 Å². The summed E-state index contributed by atoms with van der Waals surface area (Å²) in [4.78, 5) is 4.34. The molecule has 1 atom stereocenters. The summed E-state index contributed by atoms with van der Waals surface area (Å²) < 4.78 is 21.8. The van der Waals surface area contributed by atoms with E-state index in [1.807, 2.05) is 6.07 Å². The number of methoxy groups -OCH3 is 1. The number of nitrogens with one attached hydrogen (secondary N) is 2. The quantitative estimate of drug-likeness (QED) is 0.592. The zero-order chi connectivity index (χ0) is 18.4. The Bertz CT molecular complexity index is 629. The Labute approximate surface area is 155 Å². The molecule has 144 valence electrons. The molecule has 2 aliphatic heterocycles. The molecule has 0 aliphatic carbocycles. The Morgan fingerprint density at radius 1 is 1.27 bits per heavy atom. The van der Waals surface area contributed by atoms with Crippen molar-refractivity contribution in [1.82, 2.24) is 10.6 Å². The van der Waals surface area contributed by atoms with E-state index in [9.17, 15) is 0 Å². The Balaban J connectivity index is 1.73. The highest BCUT2D eigenvalue weighted by atomic mass is 16.7. The van der Waals surface area contributed by atoms with Gasteiger partial charge in [0.15, 0.2) is 17.5 Å². The van der Waals surface area contributed by atoms with Crippen molar-refractivity contribution in [2.24, 2.45) is 4.99 Å². The minimum absolute atomic E-state index is 0.0264. The first-order valence-corrected chi connectivity index (χ1v) is 9.11. The molecule has 1 unspecified atom stereocenters. The lowest BCUT2D eigenvalue weighted by molar-refractivity contribution is 0.0513. The molecule has 3 rings (SSSR count). The number of nitrogens with zero attached hydrogens (tertiary/aromatic N) is 1. The maximum Gasteiger partial charge on any atom is 0.231 e. The summed E-state index contributed by atoms with van der Waals surface area (Å²) in [5.41, 5.74) is 1.22. The molecular weight excluding hydrogens is 334 g/mol. The fraction of sp³-hybridized carbons (Fsp3) is 0.632. The molecule has 2 aliphatic rings. The van der Waals surface area contributed by atoms with Crippen molar-refractivity contribution in [1.29, 1.82) is 0 Å². The summed E-state index contributed by atoms with van der Waals surface area (Å²) in [6.45, 7) is 5.27. The molecule has 1 aromatic rings. The van der Waals surface area contributed by atoms with Gasteiger partial charge in [0.1, 0.15) is 0 Å². The van der Waals surface area contributed by atoms with Crippen LogP contribution in [0.2, 0.25) is 0 Å². The van der Waals surface area contributed by atoms with Crippen molar-refractivity contribution < 1.29 is 18.9 Å². The number of rotatable bonds is 6. The van der Waals surface area contributed by atoms with E-state index in [4.69, 9.17) is 18.9 Å². The first kappa shape index (κ1) is 18.8. The average molecular weight is 363 g/mol. The van der Waals surface area contributed by atoms with E-state index in [0.717, 1.165) is 50.1 Å². The topological polar surface area (TPSA) is 73.3 Å². The minimum atomic E-state index is -0.0264. The molecule has 0 aromatic heterocycles. The normalized spacial score (nSPS) is 19.9. The number of aliphatic imine (C=N–C) groups is 1. The van der Waals surface area contributed by atoms with E-state index >= 15 is 0 Å². The number of ether oxygens (including phenoxy) is 4. The number of hydrogen-bond donors (Lipinski definition) is 2. The molecule has 0 bridgehead atoms. The van der Waals surface area contributed by atoms with Crippen LogP contribution >= 0.6 is 0 Å². The first-order valence-electron chi connectivity index (χ1n) is 9.11. The van der Waals surface area contributed by atoms with Gasteiger partial charge in [0.05, 0.1) is 6.61 Å². The van der Waals surface area contributed by atoms with Crippen molar-refractivity contribution in [3.8, 4) is 11.5 Å². The Morgan fingerprint density at radius 2 is 2.04 bits per heavy atom. The zero-order valence-corrected chi connectivity index (χ0v) is 15.8. The van der Waals surface area contributed by atoms with Crippen LogP contribution in [0.5, 0.6) is 11.5 Å². The maximum absolute atomic E-state index is 5.62. The summed E-state index contributed by atoms with van der Waals surface area (Å²) >= 11 is 0. The molecule has 7 nitrogen and oxygen atoms in total. The molecule has 0 radical (unpaired) electrons. The Morgan fingerprint density at radius 3 is 2.77 bits per heavy atom. The van der Waals surface area contributed by atoms with Crippen molar-refractivity contribution in [3.05, 3.63) is 23.8 Å². The van der Waals surface area contributed by atoms with E-state index < -0.39 is 0 Å². The number of fused-ring (bicyclic) bond motifs is 1. The van der Waals surface area contributed by atoms with Crippen molar-refractivity contribution in [3.63, 3.8) is 0 Å². The molecule has 1 fully saturated rings. The SMILES string of the molecule is CN=C(NCC1(c2ccc3c(c2)OCO3)CCOCC1)NC(C)COC. The second kappa shape index (κ2) is 8.60. The van der Waals surface area contributed by atoms with Crippen molar-refractivity contribution in [2.75, 3.05) is 47.3 Å². The lowest BCUT2D eigenvalue weighted by atomic mass is 9.74. The second-order valence-corrected chi connectivity index (χ2v) is 6.89. The summed E-state index contributed by atoms with van der Waals surface area (Å²) in [5.74, 6) is 2.42. The second-order valence-electron chi connectivity index (χ2n) is 6.89. The third-order valence-corrected chi connectivity index (χ3v) is 5.05. The molecule has 0 spiro atoms. The minimum Gasteiger partial charge on any atom is -0.454 e. The van der Waals surface area contributed by atoms with Gasteiger partial charge in [-0.2, -0.15) is 0 Å². The smallest absolute Gasteiger partial charge is 0.231 e. The fourth-order valence-corrected chi connectivity index (χ4v) is 3.53. The highest BCUT2D eigenvalue weighted by molar-refractivity contribution is 5.80. The standard InChI is InChI=1S/C19H29N3O4/c1-14(11-23-3)22-18(20-2)21-12-19(6-8-24-9-7-19)15-4-5-16-17(10-15)26-13-25-16/h4-5,10,14H,6-9,11-13H2,1-3H3,(H2,20,21,22). The van der Waals surface area contributed by atoms with Gasteiger partial charge < -0.3 is 29.6 Å². The lowest BCUT2D eigenvalue weighted by Crippen LogP contribution is -2.50. The van der Waals surface area contributed by atoms with Gasteiger partial charge in [0, 0.05) is 45.4 Å². The van der Waals surface area contributed by atoms with E-state index in [1.54, 1.807) is 14.2 Å². The van der Waals surface area contributed by atoms with E-state index in [-0.39, 0.29) is 11.5 Å². The fourth-order valence-electron chi connectivity index (χ4n) is 3.53. The van der Waals surface area contributed by atoms with Crippen LogP contribution in [0.25, 0.3) is 0 Å². The number of benzene rings is 1. The van der Waals surface area contributed by atoms with Gasteiger partial charge in [-0.1, -0.05) is 6.07 Å². The van der Waals surface area contributed by atoms with Crippen LogP contribution < -0.4 is 20.1 Å². The lowest BCUT2D eigenvalue weighted by Gasteiger charge is -2.38. The van der Waals surface area contributed by atoms with Gasteiger partial charge in [-0.3, -0.25) is 4.99 Å². The molecule has 26 heavy (non-hydrogen) atoms. The Kier molecular flexibility index (Phi) is 6.21. The zero-order valence-electron chi connectivity index (χ0n) is 15.8. The van der Waals surface area contributed by atoms with Gasteiger partial charge >= 0.3 is 0 Å². The van der Waals surface area contributed by atoms with Crippen LogP contribution in [0, 0.1) is 0 Å². The van der Waals surface area contributed by atoms with Crippen LogP contribution in [-0.2, 0) is 14.9 Å². The number of guanidine groups is 1. The highest BCUT2D eigenvalue weighted by Gasteiger charge is 2.36. The van der Waals surface area contributed by atoms with Crippen LogP contribution in [0.4, 0.5) is 0 Å². The summed E-state index contributed by atoms with van der Waals surface area (Å²) in [6, 6.07) is 6.44. The van der Waals surface area contributed by atoms with Gasteiger partial charge in [-0.25, -0.2) is 0 Å². The number of hydrogen-bond acceptors (Lipinski definition) is 5. The predicted molar refractivity (Wildman–Crippen MR) is 100 cm³/mol. The van der Waals surface area contributed by atoms with E-state index in [2.05, 4.69) is 34.7 Å². The summed E-state index contributed by atoms with van der Waals surface area (Å²) in [7, 11) is 3.48. The molecular formula is C19H29N3O4. The van der Waals surface area contributed by atoms with Crippen LogP contribution in [0.15, 0.2) is 23.2 Å². The van der Waals surface area contributed by atoms with Gasteiger partial charge in [0.2, 0.25) is 6.79 Å². The summed E-state index contributed by atoms with van der Waals surface area (Å²) in [5, 5.41) is 6.85. The third-order valence-electron chi connectivity index (χ3n) is 5.05. The molecule has 1 saturated heterocycles. The molecule has 2 N–H and O–H groups in total.